The lowest BCUT2D eigenvalue weighted by molar-refractivity contribution is -0.148. The van der Waals surface area contributed by atoms with Crippen molar-refractivity contribution in [2.45, 2.75) is 31.8 Å². The van der Waals surface area contributed by atoms with E-state index in [0.29, 0.717) is 19.7 Å². The summed E-state index contributed by atoms with van der Waals surface area (Å²) in [6, 6.07) is 13.8. The van der Waals surface area contributed by atoms with E-state index in [1.54, 1.807) is 11.8 Å². The predicted octanol–water partition coefficient (Wildman–Crippen LogP) is 2.06. The number of cyclic esters (lactones) is 1. The smallest absolute Gasteiger partial charge is 0.408 e. The fourth-order valence-corrected chi connectivity index (χ4v) is 3.32. The normalized spacial score (nSPS) is 23.2. The van der Waals surface area contributed by atoms with E-state index >= 15 is 0 Å². The number of alkyl carbamates (subject to hydrolysis) is 1. The van der Waals surface area contributed by atoms with E-state index in [4.69, 9.17) is 9.47 Å². The van der Waals surface area contributed by atoms with Gasteiger partial charge in [-0.1, -0.05) is 42.5 Å². The second-order valence-corrected chi connectivity index (χ2v) is 6.55. The molecule has 2 aliphatic rings. The number of nitrogens with one attached hydrogen (secondary N) is 1. The SMILES string of the molecule is CC1OC(=O)NC1C(=O)N1CC(OCc2cccc3ccccc23)C1. The molecule has 2 atom stereocenters. The van der Waals surface area contributed by atoms with Crippen LogP contribution in [-0.4, -0.2) is 48.2 Å². The molecule has 6 nitrogen and oxygen atoms in total. The topological polar surface area (TPSA) is 67.9 Å². The Kier molecular flexibility index (Phi) is 4.05. The summed E-state index contributed by atoms with van der Waals surface area (Å²) < 4.78 is 10.9. The standard InChI is InChI=1S/C19H20N2O4/c1-12-17(20-19(23)25-12)18(22)21-9-15(10-21)24-11-14-7-4-6-13-5-2-3-8-16(13)14/h2-8,12,15,17H,9-11H2,1H3,(H,20,23). The second-order valence-electron chi connectivity index (χ2n) is 6.55. The summed E-state index contributed by atoms with van der Waals surface area (Å²) >= 11 is 0. The first-order valence-electron chi connectivity index (χ1n) is 8.46. The van der Waals surface area contributed by atoms with Crippen molar-refractivity contribution in [3.8, 4) is 0 Å². The fourth-order valence-electron chi connectivity index (χ4n) is 3.32. The number of benzene rings is 2. The highest BCUT2D eigenvalue weighted by Crippen LogP contribution is 2.22. The molecule has 4 rings (SSSR count). The van der Waals surface area contributed by atoms with Crippen molar-refractivity contribution >= 4 is 22.8 Å². The van der Waals surface area contributed by atoms with Gasteiger partial charge in [-0.25, -0.2) is 4.79 Å². The van der Waals surface area contributed by atoms with Crippen LogP contribution in [0.3, 0.4) is 0 Å². The Morgan fingerprint density at radius 1 is 1.24 bits per heavy atom. The maximum Gasteiger partial charge on any atom is 0.408 e. The number of fused-ring (bicyclic) bond motifs is 1. The first kappa shape index (κ1) is 15.9. The van der Waals surface area contributed by atoms with Gasteiger partial charge in [0.05, 0.1) is 12.7 Å². The molecule has 2 amide bonds. The van der Waals surface area contributed by atoms with E-state index in [1.807, 2.05) is 18.2 Å². The van der Waals surface area contributed by atoms with E-state index in [9.17, 15) is 9.59 Å². The number of carbonyl (C=O) groups is 2. The van der Waals surface area contributed by atoms with Gasteiger partial charge in [0.2, 0.25) is 5.91 Å². The van der Waals surface area contributed by atoms with Crippen LogP contribution in [0.1, 0.15) is 12.5 Å². The molecule has 2 fully saturated rings. The third-order valence-corrected chi connectivity index (χ3v) is 4.82. The summed E-state index contributed by atoms with van der Waals surface area (Å²) in [5.41, 5.74) is 1.15. The molecule has 130 valence electrons. The van der Waals surface area contributed by atoms with Crippen LogP contribution in [0.5, 0.6) is 0 Å². The zero-order valence-corrected chi connectivity index (χ0v) is 14.0. The van der Waals surface area contributed by atoms with Gasteiger partial charge in [0, 0.05) is 13.1 Å². The van der Waals surface area contributed by atoms with Gasteiger partial charge in [-0.05, 0) is 23.3 Å². The zero-order valence-electron chi connectivity index (χ0n) is 14.0. The molecular weight excluding hydrogens is 320 g/mol. The van der Waals surface area contributed by atoms with E-state index in [1.165, 1.54) is 10.8 Å². The highest BCUT2D eigenvalue weighted by atomic mass is 16.6. The molecule has 2 aliphatic heterocycles. The molecule has 2 heterocycles. The molecule has 25 heavy (non-hydrogen) atoms. The highest BCUT2D eigenvalue weighted by molar-refractivity contribution is 5.89. The summed E-state index contributed by atoms with van der Waals surface area (Å²) in [4.78, 5) is 25.3. The molecule has 2 aromatic carbocycles. The van der Waals surface area contributed by atoms with Crippen molar-refractivity contribution in [1.82, 2.24) is 10.2 Å². The maximum atomic E-state index is 12.4. The highest BCUT2D eigenvalue weighted by Gasteiger charge is 2.42. The summed E-state index contributed by atoms with van der Waals surface area (Å²) in [7, 11) is 0. The van der Waals surface area contributed by atoms with Gasteiger partial charge >= 0.3 is 6.09 Å². The van der Waals surface area contributed by atoms with Crippen LogP contribution in [0.4, 0.5) is 4.79 Å². The number of carbonyl (C=O) groups excluding carboxylic acids is 2. The van der Waals surface area contributed by atoms with Gasteiger partial charge in [0.1, 0.15) is 12.1 Å². The minimum Gasteiger partial charge on any atom is -0.444 e. The van der Waals surface area contributed by atoms with Crippen molar-refractivity contribution < 1.29 is 19.1 Å². The van der Waals surface area contributed by atoms with Crippen molar-refractivity contribution in [1.29, 1.82) is 0 Å². The van der Waals surface area contributed by atoms with E-state index in [2.05, 4.69) is 29.6 Å². The Bertz CT molecular complexity index is 811. The first-order valence-corrected chi connectivity index (χ1v) is 8.46. The minimum atomic E-state index is -0.591. The van der Waals surface area contributed by atoms with Gasteiger partial charge in [0.25, 0.3) is 0 Å². The average molecular weight is 340 g/mol. The van der Waals surface area contributed by atoms with E-state index in [0.717, 1.165) is 5.56 Å². The third-order valence-electron chi connectivity index (χ3n) is 4.82. The molecule has 0 bridgehead atoms. The predicted molar refractivity (Wildman–Crippen MR) is 92.0 cm³/mol. The zero-order chi connectivity index (χ0) is 17.4. The number of hydrogen-bond acceptors (Lipinski definition) is 4. The van der Waals surface area contributed by atoms with E-state index in [-0.39, 0.29) is 12.0 Å². The van der Waals surface area contributed by atoms with Crippen molar-refractivity contribution in [3.63, 3.8) is 0 Å². The largest absolute Gasteiger partial charge is 0.444 e. The Labute approximate surface area is 145 Å². The summed E-state index contributed by atoms with van der Waals surface area (Å²) in [6.07, 6.45) is -0.943. The summed E-state index contributed by atoms with van der Waals surface area (Å²) in [6.45, 7) is 3.33. The number of nitrogens with zero attached hydrogens (tertiary/aromatic N) is 1. The number of amides is 2. The van der Waals surface area contributed by atoms with Crippen LogP contribution >= 0.6 is 0 Å². The molecule has 1 N–H and O–H groups in total. The van der Waals surface area contributed by atoms with Gasteiger partial charge in [-0.15, -0.1) is 0 Å². The fraction of sp³-hybridized carbons (Fsp3) is 0.368. The lowest BCUT2D eigenvalue weighted by Gasteiger charge is -2.40. The Morgan fingerprint density at radius 2 is 2.00 bits per heavy atom. The molecule has 0 aromatic heterocycles. The summed E-state index contributed by atoms with van der Waals surface area (Å²) in [5, 5.41) is 4.94. The maximum absolute atomic E-state index is 12.4. The van der Waals surface area contributed by atoms with Crippen LogP contribution in [0.25, 0.3) is 10.8 Å². The molecule has 0 saturated carbocycles. The monoisotopic (exact) mass is 340 g/mol. The number of likely N-dealkylation sites (tertiary alicyclic amines) is 1. The lowest BCUT2D eigenvalue weighted by Crippen LogP contribution is -2.60. The molecule has 2 unspecified atom stereocenters. The molecule has 6 heteroatoms. The Morgan fingerprint density at radius 3 is 2.76 bits per heavy atom. The molecule has 0 aliphatic carbocycles. The Hall–Kier alpha value is -2.60. The van der Waals surface area contributed by atoms with Crippen molar-refractivity contribution in [2.75, 3.05) is 13.1 Å². The molecule has 0 spiro atoms. The number of rotatable bonds is 4. The van der Waals surface area contributed by atoms with Gasteiger partial charge < -0.3 is 19.7 Å². The third kappa shape index (κ3) is 3.05. The van der Waals surface area contributed by atoms with Crippen molar-refractivity contribution in [2.24, 2.45) is 0 Å². The van der Waals surface area contributed by atoms with Gasteiger partial charge in [0.15, 0.2) is 0 Å². The first-order chi connectivity index (χ1) is 12.1. The van der Waals surface area contributed by atoms with Crippen molar-refractivity contribution in [3.05, 3.63) is 48.0 Å². The Balaban J connectivity index is 1.31. The molecular formula is C19H20N2O4. The second kappa shape index (κ2) is 6.37. The van der Waals surface area contributed by atoms with Crippen LogP contribution in [0, 0.1) is 0 Å². The van der Waals surface area contributed by atoms with Gasteiger partial charge in [-0.3, -0.25) is 4.79 Å². The molecule has 2 saturated heterocycles. The quantitative estimate of drug-likeness (QED) is 0.925. The minimum absolute atomic E-state index is 0.0243. The number of ether oxygens (including phenoxy) is 2. The average Bonchev–Trinajstić information content (AvgIpc) is 2.91. The van der Waals surface area contributed by atoms with Crippen LogP contribution in [-0.2, 0) is 20.9 Å². The van der Waals surface area contributed by atoms with Crippen LogP contribution in [0.2, 0.25) is 0 Å². The van der Waals surface area contributed by atoms with Crippen LogP contribution in [0.15, 0.2) is 42.5 Å². The van der Waals surface area contributed by atoms with E-state index < -0.39 is 18.2 Å². The summed E-state index contributed by atoms with van der Waals surface area (Å²) in [5.74, 6) is -0.108. The number of hydrogen-bond donors (Lipinski definition) is 1. The van der Waals surface area contributed by atoms with Gasteiger partial charge in [-0.2, -0.15) is 0 Å². The molecule has 0 radical (unpaired) electrons. The lowest BCUT2D eigenvalue weighted by atomic mass is 10.0. The van der Waals surface area contributed by atoms with Crippen LogP contribution < -0.4 is 5.32 Å². The molecule has 2 aromatic rings.